The Balaban J connectivity index is 2.39. The average molecular weight is 233 g/mol. The van der Waals surface area contributed by atoms with Gasteiger partial charge >= 0.3 is 12.1 Å². The Hall–Kier alpha value is -2.30. The van der Waals surface area contributed by atoms with Gasteiger partial charge in [-0.1, -0.05) is 30.3 Å². The van der Waals surface area contributed by atoms with Gasteiger partial charge in [0.05, 0.1) is 12.2 Å². The van der Waals surface area contributed by atoms with Crippen LogP contribution in [0, 0.1) is 0 Å². The molecule has 1 aliphatic heterocycles. The van der Waals surface area contributed by atoms with Gasteiger partial charge in [-0.15, -0.1) is 0 Å². The van der Waals surface area contributed by atoms with Crippen molar-refractivity contribution in [2.24, 2.45) is 0 Å². The Morgan fingerprint density at radius 1 is 1.35 bits per heavy atom. The number of rotatable bonds is 3. The molecule has 17 heavy (non-hydrogen) atoms. The van der Waals surface area contributed by atoms with Crippen LogP contribution in [0.4, 0.5) is 4.79 Å². The summed E-state index contributed by atoms with van der Waals surface area (Å²) in [4.78, 5) is 23.6. The van der Waals surface area contributed by atoms with Gasteiger partial charge in [-0.3, -0.25) is 4.90 Å². The van der Waals surface area contributed by atoms with E-state index in [0.29, 0.717) is 17.8 Å². The van der Waals surface area contributed by atoms with E-state index in [0.717, 1.165) is 6.08 Å². The second-order valence-electron chi connectivity index (χ2n) is 3.50. The zero-order valence-electron chi connectivity index (χ0n) is 9.00. The maximum atomic E-state index is 11.4. The van der Waals surface area contributed by atoms with Crippen molar-refractivity contribution in [1.29, 1.82) is 0 Å². The molecule has 1 aliphatic rings. The van der Waals surface area contributed by atoms with Gasteiger partial charge in [-0.25, -0.2) is 9.59 Å². The van der Waals surface area contributed by atoms with Crippen LogP contribution in [0.1, 0.15) is 5.56 Å². The molecular formula is C12H11NO4. The minimum Gasteiger partial charge on any atom is -0.478 e. The Morgan fingerprint density at radius 3 is 2.59 bits per heavy atom. The molecule has 0 aliphatic carbocycles. The fourth-order valence-electron chi connectivity index (χ4n) is 1.66. The summed E-state index contributed by atoms with van der Waals surface area (Å²) in [5, 5.41) is 8.84. The number of cyclic esters (lactones) is 1. The van der Waals surface area contributed by atoms with Gasteiger partial charge in [0, 0.05) is 6.08 Å². The normalized spacial score (nSPS) is 15.9. The van der Waals surface area contributed by atoms with Crippen LogP contribution in [0.5, 0.6) is 0 Å². The molecule has 1 fully saturated rings. The highest BCUT2D eigenvalue weighted by Gasteiger charge is 2.26. The van der Waals surface area contributed by atoms with E-state index in [1.165, 1.54) is 4.90 Å². The molecule has 1 aromatic rings. The number of carbonyl (C=O) groups excluding carboxylic acids is 1. The molecule has 0 unspecified atom stereocenters. The van der Waals surface area contributed by atoms with Crippen molar-refractivity contribution in [1.82, 2.24) is 4.90 Å². The Labute approximate surface area is 97.9 Å². The summed E-state index contributed by atoms with van der Waals surface area (Å²) in [6.45, 7) is 0.648. The maximum Gasteiger partial charge on any atom is 0.414 e. The lowest BCUT2D eigenvalue weighted by molar-refractivity contribution is -0.131. The van der Waals surface area contributed by atoms with Crippen LogP contribution in [0.3, 0.4) is 0 Å². The van der Waals surface area contributed by atoms with E-state index in [1.807, 2.05) is 6.07 Å². The summed E-state index contributed by atoms with van der Waals surface area (Å²) in [5.74, 6) is -1.09. The van der Waals surface area contributed by atoms with Crippen LogP contribution < -0.4 is 0 Å². The van der Waals surface area contributed by atoms with Crippen molar-refractivity contribution in [3.63, 3.8) is 0 Å². The third-order valence-corrected chi connectivity index (χ3v) is 2.38. The molecule has 0 atom stereocenters. The largest absolute Gasteiger partial charge is 0.478 e. The zero-order valence-corrected chi connectivity index (χ0v) is 9.00. The van der Waals surface area contributed by atoms with E-state index in [9.17, 15) is 9.59 Å². The smallest absolute Gasteiger partial charge is 0.414 e. The van der Waals surface area contributed by atoms with Crippen molar-refractivity contribution in [3.05, 3.63) is 42.0 Å². The second-order valence-corrected chi connectivity index (χ2v) is 3.50. The first-order chi connectivity index (χ1) is 8.18. The van der Waals surface area contributed by atoms with E-state index < -0.39 is 12.1 Å². The summed E-state index contributed by atoms with van der Waals surface area (Å²) < 4.78 is 4.80. The highest BCUT2D eigenvalue weighted by atomic mass is 16.6. The van der Waals surface area contributed by atoms with E-state index in [4.69, 9.17) is 9.84 Å². The number of amides is 1. The van der Waals surface area contributed by atoms with Gasteiger partial charge in [0.25, 0.3) is 0 Å². The molecule has 1 amide bonds. The molecular weight excluding hydrogens is 222 g/mol. The average Bonchev–Trinajstić information content (AvgIpc) is 2.73. The lowest BCUT2D eigenvalue weighted by Crippen LogP contribution is -2.23. The number of benzene rings is 1. The SMILES string of the molecule is O=C(O)C=C(c1ccccc1)N1CCOC1=O. The van der Waals surface area contributed by atoms with E-state index in [1.54, 1.807) is 24.3 Å². The van der Waals surface area contributed by atoms with Gasteiger partial charge in [0.2, 0.25) is 0 Å². The quantitative estimate of drug-likeness (QED) is 0.804. The standard InChI is InChI=1S/C12H11NO4/c14-11(15)8-10(9-4-2-1-3-5-9)13-6-7-17-12(13)16/h1-5,8H,6-7H2,(H,14,15). The van der Waals surface area contributed by atoms with Crippen molar-refractivity contribution >= 4 is 17.8 Å². The predicted molar refractivity (Wildman–Crippen MR) is 60.1 cm³/mol. The van der Waals surface area contributed by atoms with Crippen LogP contribution in [-0.2, 0) is 9.53 Å². The summed E-state index contributed by atoms with van der Waals surface area (Å²) >= 11 is 0. The molecule has 0 saturated carbocycles. The van der Waals surface area contributed by atoms with Gasteiger partial charge in [-0.05, 0) is 5.56 Å². The third kappa shape index (κ3) is 2.44. The zero-order chi connectivity index (χ0) is 12.3. The number of hydrogen-bond donors (Lipinski definition) is 1. The summed E-state index contributed by atoms with van der Waals surface area (Å²) in [6.07, 6.45) is 0.503. The molecule has 1 aromatic carbocycles. The molecule has 2 rings (SSSR count). The molecule has 5 nitrogen and oxygen atoms in total. The summed E-state index contributed by atoms with van der Waals surface area (Å²) in [7, 11) is 0. The van der Waals surface area contributed by atoms with Crippen LogP contribution in [0.25, 0.3) is 5.70 Å². The minimum atomic E-state index is -1.09. The monoisotopic (exact) mass is 233 g/mol. The lowest BCUT2D eigenvalue weighted by atomic mass is 10.1. The first-order valence-electron chi connectivity index (χ1n) is 5.13. The Kier molecular flexibility index (Phi) is 3.09. The third-order valence-electron chi connectivity index (χ3n) is 2.38. The van der Waals surface area contributed by atoms with Crippen molar-refractivity contribution in [2.45, 2.75) is 0 Å². The minimum absolute atomic E-state index is 0.280. The molecule has 1 N–H and O–H groups in total. The first kappa shape index (κ1) is 11.2. The topological polar surface area (TPSA) is 66.8 Å². The number of carbonyl (C=O) groups is 2. The van der Waals surface area contributed by atoms with Crippen molar-refractivity contribution in [3.8, 4) is 0 Å². The summed E-state index contributed by atoms with van der Waals surface area (Å²) in [5.41, 5.74) is 1.02. The van der Waals surface area contributed by atoms with Crippen molar-refractivity contribution < 1.29 is 19.4 Å². The highest BCUT2D eigenvalue weighted by Crippen LogP contribution is 2.22. The highest BCUT2D eigenvalue weighted by molar-refractivity contribution is 5.94. The van der Waals surface area contributed by atoms with Crippen LogP contribution in [-0.4, -0.2) is 35.2 Å². The molecule has 88 valence electrons. The first-order valence-corrected chi connectivity index (χ1v) is 5.13. The molecule has 0 aromatic heterocycles. The number of aliphatic carboxylic acids is 1. The number of ether oxygens (including phenoxy) is 1. The predicted octanol–water partition coefficient (Wildman–Crippen LogP) is 1.56. The van der Waals surface area contributed by atoms with Crippen LogP contribution in [0.15, 0.2) is 36.4 Å². The number of hydrogen-bond acceptors (Lipinski definition) is 3. The van der Waals surface area contributed by atoms with Gasteiger partial charge < -0.3 is 9.84 Å². The van der Waals surface area contributed by atoms with Crippen molar-refractivity contribution in [2.75, 3.05) is 13.2 Å². The van der Waals surface area contributed by atoms with Crippen LogP contribution in [0.2, 0.25) is 0 Å². The number of carboxylic acids is 1. The lowest BCUT2D eigenvalue weighted by Gasteiger charge is -2.16. The van der Waals surface area contributed by atoms with Crippen LogP contribution >= 0.6 is 0 Å². The number of nitrogens with zero attached hydrogens (tertiary/aromatic N) is 1. The molecule has 0 radical (unpaired) electrons. The van der Waals surface area contributed by atoms with E-state index in [2.05, 4.69) is 0 Å². The fourth-order valence-corrected chi connectivity index (χ4v) is 1.66. The number of carboxylic acid groups (broad SMARTS) is 1. The summed E-state index contributed by atoms with van der Waals surface area (Å²) in [6, 6.07) is 8.89. The Bertz CT molecular complexity index is 467. The van der Waals surface area contributed by atoms with Gasteiger partial charge in [0.1, 0.15) is 6.61 Å². The molecule has 0 bridgehead atoms. The fraction of sp³-hybridized carbons (Fsp3) is 0.167. The molecule has 1 saturated heterocycles. The molecule has 0 spiro atoms. The molecule has 5 heteroatoms. The van der Waals surface area contributed by atoms with Gasteiger partial charge in [-0.2, -0.15) is 0 Å². The van der Waals surface area contributed by atoms with E-state index in [-0.39, 0.29) is 6.61 Å². The molecule has 1 heterocycles. The second kappa shape index (κ2) is 4.69. The maximum absolute atomic E-state index is 11.4. The Morgan fingerprint density at radius 2 is 2.06 bits per heavy atom. The van der Waals surface area contributed by atoms with Gasteiger partial charge in [0.15, 0.2) is 0 Å². The van der Waals surface area contributed by atoms with E-state index >= 15 is 0 Å².